The van der Waals surface area contributed by atoms with Crippen LogP contribution in [-0.2, 0) is 12.0 Å². The molecule has 170 valence electrons. The summed E-state index contributed by atoms with van der Waals surface area (Å²) in [5, 5.41) is 17.6. The molecule has 1 aromatic carbocycles. The van der Waals surface area contributed by atoms with Gasteiger partial charge in [-0.2, -0.15) is 5.10 Å². The number of hydrogen-bond acceptors (Lipinski definition) is 4. The summed E-state index contributed by atoms with van der Waals surface area (Å²) in [4.78, 5) is 15.5. The van der Waals surface area contributed by atoms with E-state index in [0.29, 0.717) is 23.5 Å². The molecular weight excluding hydrogens is 436 g/mol. The van der Waals surface area contributed by atoms with E-state index in [0.717, 1.165) is 28.3 Å². The molecule has 4 aliphatic carbocycles. The summed E-state index contributed by atoms with van der Waals surface area (Å²) in [5.74, 6) is 1.99. The average molecular weight is 463 g/mol. The van der Waals surface area contributed by atoms with E-state index in [1.54, 1.807) is 23.1 Å². The SMILES string of the molecule is O=C(O)c1cccnc1Nc1cnn(Cc2ccc(C34CC5CC(CC(C5)C3)C4)cc2Cl)c1. The number of hydrogen-bond donors (Lipinski definition) is 2. The molecule has 6 nitrogen and oxygen atoms in total. The van der Waals surface area contributed by atoms with Gasteiger partial charge in [-0.05, 0) is 91.0 Å². The van der Waals surface area contributed by atoms with E-state index < -0.39 is 5.97 Å². The molecule has 0 aliphatic heterocycles. The number of carboxylic acid groups (broad SMARTS) is 1. The molecule has 2 heterocycles. The summed E-state index contributed by atoms with van der Waals surface area (Å²) < 4.78 is 1.80. The van der Waals surface area contributed by atoms with Gasteiger partial charge >= 0.3 is 5.97 Å². The summed E-state index contributed by atoms with van der Waals surface area (Å²) in [6.45, 7) is 0.551. The van der Waals surface area contributed by atoms with E-state index >= 15 is 0 Å². The second-order valence-corrected chi connectivity index (χ2v) is 10.7. The van der Waals surface area contributed by atoms with Gasteiger partial charge in [-0.3, -0.25) is 4.68 Å². The van der Waals surface area contributed by atoms with Gasteiger partial charge in [-0.1, -0.05) is 23.7 Å². The fraction of sp³-hybridized carbons (Fsp3) is 0.423. The Labute approximate surface area is 198 Å². The first kappa shape index (κ1) is 20.7. The van der Waals surface area contributed by atoms with E-state index in [2.05, 4.69) is 33.6 Å². The zero-order valence-corrected chi connectivity index (χ0v) is 19.1. The molecule has 4 fully saturated rings. The van der Waals surface area contributed by atoms with Crippen molar-refractivity contribution in [1.29, 1.82) is 0 Å². The Hall–Kier alpha value is -2.86. The third kappa shape index (κ3) is 3.80. The molecule has 0 saturated heterocycles. The van der Waals surface area contributed by atoms with E-state index in [1.807, 2.05) is 6.20 Å². The second kappa shape index (κ2) is 7.87. The molecule has 0 radical (unpaired) electrons. The molecule has 0 spiro atoms. The number of benzene rings is 1. The molecule has 0 amide bonds. The zero-order chi connectivity index (χ0) is 22.6. The van der Waals surface area contributed by atoms with Crippen LogP contribution in [0.2, 0.25) is 5.02 Å². The molecule has 2 N–H and O–H groups in total. The first-order valence-electron chi connectivity index (χ1n) is 11.7. The number of anilines is 2. The third-order valence-electron chi connectivity index (χ3n) is 7.97. The van der Waals surface area contributed by atoms with Crippen LogP contribution in [0.15, 0.2) is 48.9 Å². The number of carboxylic acids is 1. The van der Waals surface area contributed by atoms with Crippen LogP contribution in [0.3, 0.4) is 0 Å². The smallest absolute Gasteiger partial charge is 0.339 e. The lowest BCUT2D eigenvalue weighted by atomic mass is 9.48. The van der Waals surface area contributed by atoms with Crippen LogP contribution in [-0.4, -0.2) is 25.8 Å². The Bertz CT molecular complexity index is 1190. The second-order valence-electron chi connectivity index (χ2n) is 10.3. The number of carbonyl (C=O) groups is 1. The van der Waals surface area contributed by atoms with Crippen LogP contribution in [0.1, 0.15) is 60.0 Å². The minimum absolute atomic E-state index is 0.119. The Balaban J connectivity index is 1.19. The highest BCUT2D eigenvalue weighted by atomic mass is 35.5. The van der Waals surface area contributed by atoms with Gasteiger partial charge in [-0.15, -0.1) is 0 Å². The summed E-state index contributed by atoms with van der Waals surface area (Å²) in [6.07, 6.45) is 13.4. The predicted octanol–water partition coefficient (Wildman–Crippen LogP) is 5.89. The Morgan fingerprint density at radius 1 is 1.15 bits per heavy atom. The van der Waals surface area contributed by atoms with Crippen molar-refractivity contribution in [3.8, 4) is 0 Å². The van der Waals surface area contributed by atoms with Crippen LogP contribution in [0.25, 0.3) is 0 Å². The number of pyridine rings is 1. The molecule has 0 atom stereocenters. The minimum atomic E-state index is -1.02. The van der Waals surface area contributed by atoms with Crippen molar-refractivity contribution in [2.45, 2.75) is 50.5 Å². The van der Waals surface area contributed by atoms with Gasteiger partial charge in [0, 0.05) is 17.4 Å². The van der Waals surface area contributed by atoms with Gasteiger partial charge in [0.05, 0.1) is 18.4 Å². The van der Waals surface area contributed by atoms with E-state index in [1.165, 1.54) is 50.2 Å². The van der Waals surface area contributed by atoms with Crippen molar-refractivity contribution in [3.63, 3.8) is 0 Å². The number of nitrogens with zero attached hydrogens (tertiary/aromatic N) is 3. The fourth-order valence-corrected chi connectivity index (χ4v) is 7.21. The van der Waals surface area contributed by atoms with Gasteiger partial charge < -0.3 is 10.4 Å². The molecule has 4 saturated carbocycles. The highest BCUT2D eigenvalue weighted by molar-refractivity contribution is 6.31. The molecular formula is C26H27ClN4O2. The van der Waals surface area contributed by atoms with Crippen molar-refractivity contribution in [1.82, 2.24) is 14.8 Å². The number of aromatic carboxylic acids is 1. The van der Waals surface area contributed by atoms with Crippen LogP contribution in [0.5, 0.6) is 0 Å². The summed E-state index contributed by atoms with van der Waals surface area (Å²) >= 11 is 6.78. The first-order valence-corrected chi connectivity index (χ1v) is 12.1. The molecule has 0 unspecified atom stereocenters. The Morgan fingerprint density at radius 2 is 1.88 bits per heavy atom. The highest BCUT2D eigenvalue weighted by Crippen LogP contribution is 2.60. The summed E-state index contributed by atoms with van der Waals surface area (Å²) in [7, 11) is 0. The fourth-order valence-electron chi connectivity index (χ4n) is 6.97. The van der Waals surface area contributed by atoms with Crippen LogP contribution < -0.4 is 5.32 Å². The van der Waals surface area contributed by atoms with Gasteiger partial charge in [-0.25, -0.2) is 9.78 Å². The van der Waals surface area contributed by atoms with Crippen molar-refractivity contribution in [2.24, 2.45) is 17.8 Å². The number of halogens is 1. The van der Waals surface area contributed by atoms with Gasteiger partial charge in [0.25, 0.3) is 0 Å². The average Bonchev–Trinajstić information content (AvgIpc) is 3.21. The first-order chi connectivity index (χ1) is 16.0. The lowest BCUT2D eigenvalue weighted by Gasteiger charge is -2.57. The molecule has 4 aliphatic rings. The van der Waals surface area contributed by atoms with Crippen LogP contribution >= 0.6 is 11.6 Å². The molecule has 2 aromatic heterocycles. The monoisotopic (exact) mass is 462 g/mol. The normalized spacial score (nSPS) is 27.6. The molecule has 3 aromatic rings. The maximum absolute atomic E-state index is 11.4. The van der Waals surface area contributed by atoms with Crippen molar-refractivity contribution < 1.29 is 9.90 Å². The quantitative estimate of drug-likeness (QED) is 0.477. The molecule has 33 heavy (non-hydrogen) atoms. The largest absolute Gasteiger partial charge is 0.478 e. The number of rotatable bonds is 6. The molecule has 4 bridgehead atoms. The highest BCUT2D eigenvalue weighted by Gasteiger charge is 2.51. The lowest BCUT2D eigenvalue weighted by Crippen LogP contribution is -2.48. The van der Waals surface area contributed by atoms with Gasteiger partial charge in [0.1, 0.15) is 11.4 Å². The summed E-state index contributed by atoms with van der Waals surface area (Å²) in [6, 6.07) is 9.79. The van der Waals surface area contributed by atoms with Crippen LogP contribution in [0, 0.1) is 17.8 Å². The lowest BCUT2D eigenvalue weighted by molar-refractivity contribution is -0.00519. The maximum Gasteiger partial charge on any atom is 0.339 e. The third-order valence-corrected chi connectivity index (χ3v) is 8.32. The molecule has 7 rings (SSSR count). The van der Waals surface area contributed by atoms with Crippen molar-refractivity contribution >= 4 is 29.1 Å². The topological polar surface area (TPSA) is 80.0 Å². The Morgan fingerprint density at radius 3 is 2.55 bits per heavy atom. The van der Waals surface area contributed by atoms with Gasteiger partial charge in [0.15, 0.2) is 0 Å². The number of nitrogens with one attached hydrogen (secondary N) is 1. The van der Waals surface area contributed by atoms with Gasteiger partial charge in [0.2, 0.25) is 0 Å². The number of aromatic nitrogens is 3. The van der Waals surface area contributed by atoms with Crippen molar-refractivity contribution in [2.75, 3.05) is 5.32 Å². The maximum atomic E-state index is 11.4. The van der Waals surface area contributed by atoms with Crippen LogP contribution in [0.4, 0.5) is 11.5 Å². The summed E-state index contributed by atoms with van der Waals surface area (Å²) in [5.41, 5.74) is 3.59. The minimum Gasteiger partial charge on any atom is -0.478 e. The van der Waals surface area contributed by atoms with E-state index in [9.17, 15) is 9.90 Å². The predicted molar refractivity (Wildman–Crippen MR) is 127 cm³/mol. The Kier molecular flexibility index (Phi) is 4.94. The standard InChI is InChI=1S/C26H27ClN4O2/c27-23-9-20(26-10-16-6-17(11-26)8-18(7-16)12-26)4-3-19(23)14-31-15-21(13-29-31)30-24-22(25(32)33)2-1-5-28-24/h1-5,9,13,15-18H,6-8,10-12,14H2,(H,28,30)(H,32,33). The molecule has 7 heteroatoms. The van der Waals surface area contributed by atoms with E-state index in [4.69, 9.17) is 11.6 Å². The van der Waals surface area contributed by atoms with E-state index in [-0.39, 0.29) is 5.56 Å². The van der Waals surface area contributed by atoms with Crippen molar-refractivity contribution in [3.05, 3.63) is 70.6 Å². The zero-order valence-electron chi connectivity index (χ0n) is 18.4.